The number of ether oxygens (including phenoxy) is 1. The third-order valence-electron chi connectivity index (χ3n) is 16.3. The fraction of sp³-hybridized carbons (Fsp3) is 0.145. The van der Waals surface area contributed by atoms with Crippen molar-refractivity contribution < 1.29 is 13.5 Å². The van der Waals surface area contributed by atoms with Crippen molar-refractivity contribution in [3.8, 4) is 73.0 Å². The predicted octanol–water partition coefficient (Wildman–Crippen LogP) is 21.4. The summed E-state index contributed by atoms with van der Waals surface area (Å²) in [5, 5.41) is 2.23. The van der Waals surface area contributed by atoms with Gasteiger partial charge in [-0.05, 0) is 163 Å². The zero-order valence-electron chi connectivity index (χ0n) is 47.8. The fourth-order valence-electron chi connectivity index (χ4n) is 11.9. The van der Waals surface area contributed by atoms with E-state index in [1.807, 2.05) is 18.3 Å². The van der Waals surface area contributed by atoms with Crippen LogP contribution in [0.5, 0.6) is 11.5 Å². The van der Waals surface area contributed by atoms with Gasteiger partial charge < -0.3 is 14.5 Å². The van der Waals surface area contributed by atoms with Crippen molar-refractivity contribution in [1.29, 1.82) is 0 Å². The quantitative estimate of drug-likeness (QED) is 0.122. The van der Waals surface area contributed by atoms with Crippen molar-refractivity contribution in [3.63, 3.8) is 0 Å². The Morgan fingerprint density at radius 3 is 1.61 bits per heavy atom. The van der Waals surface area contributed by atoms with Crippen LogP contribution in [0, 0.1) is 11.6 Å². The Balaban J connectivity index is 1.01. The number of halogens is 2. The highest BCUT2D eigenvalue weighted by Crippen LogP contribution is 2.52. The van der Waals surface area contributed by atoms with E-state index < -0.39 is 11.6 Å². The van der Waals surface area contributed by atoms with E-state index in [2.05, 4.69) is 263 Å². The van der Waals surface area contributed by atoms with Crippen LogP contribution in [0.15, 0.2) is 237 Å². The molecule has 5 nitrogen and oxygen atoms in total. The first-order chi connectivity index (χ1) is 40.2. The first-order valence-corrected chi connectivity index (χ1v) is 28.7. The smallest absolute Gasteiger partial charge is 0.137 e. The molecule has 10 aromatic carbocycles. The van der Waals surface area contributed by atoms with Gasteiger partial charge in [0.25, 0.3) is 0 Å². The van der Waals surface area contributed by atoms with Gasteiger partial charge in [-0.2, -0.15) is 0 Å². The Hall–Kier alpha value is -9.59. The monoisotopic (exact) mass is 1090 g/mol. The van der Waals surface area contributed by atoms with E-state index in [9.17, 15) is 0 Å². The Labute approximate surface area is 485 Å². The van der Waals surface area contributed by atoms with Crippen molar-refractivity contribution in [2.75, 3.05) is 16.5 Å². The van der Waals surface area contributed by atoms with Crippen LogP contribution >= 0.6 is 0 Å². The van der Waals surface area contributed by atoms with Crippen LogP contribution < -0.4 is 14.5 Å². The summed E-state index contributed by atoms with van der Waals surface area (Å²) >= 11 is 0. The van der Waals surface area contributed by atoms with Crippen LogP contribution in [0.4, 0.5) is 31.5 Å². The molecule has 0 atom stereocenters. The summed E-state index contributed by atoms with van der Waals surface area (Å²) in [6.45, 7) is 15.9. The van der Waals surface area contributed by atoms with Gasteiger partial charge in [-0.25, -0.2) is 13.8 Å². The minimum atomic E-state index is -0.633. The van der Waals surface area contributed by atoms with Crippen molar-refractivity contribution in [2.24, 2.45) is 0 Å². The van der Waals surface area contributed by atoms with Gasteiger partial charge >= 0.3 is 0 Å². The molecule has 0 aliphatic carbocycles. The molecule has 1 aliphatic heterocycles. The lowest BCUT2D eigenvalue weighted by atomic mass is 9.88. The van der Waals surface area contributed by atoms with E-state index in [0.29, 0.717) is 23.7 Å². The summed E-state index contributed by atoms with van der Waals surface area (Å²) < 4.78 is 40.4. The van der Waals surface area contributed by atoms with E-state index in [-0.39, 0.29) is 17.3 Å². The van der Waals surface area contributed by atoms with Crippen molar-refractivity contribution in [2.45, 2.75) is 65.7 Å². The second-order valence-corrected chi connectivity index (χ2v) is 23.6. The zero-order valence-corrected chi connectivity index (χ0v) is 47.8. The van der Waals surface area contributed by atoms with Gasteiger partial charge in [-0.1, -0.05) is 176 Å². The number of rotatable bonds is 12. The van der Waals surface area contributed by atoms with Crippen LogP contribution in [0.1, 0.15) is 77.0 Å². The van der Waals surface area contributed by atoms with Crippen LogP contribution in [-0.4, -0.2) is 16.2 Å². The Morgan fingerprint density at radius 1 is 0.434 bits per heavy atom. The molecule has 0 saturated heterocycles. The number of pyridine rings is 1. The van der Waals surface area contributed by atoms with Crippen LogP contribution in [0.3, 0.4) is 0 Å². The number of para-hydroxylation sites is 4. The molecule has 0 fully saturated rings. The van der Waals surface area contributed by atoms with Gasteiger partial charge in [0.2, 0.25) is 0 Å². The lowest BCUT2D eigenvalue weighted by Gasteiger charge is -2.28. The molecule has 0 unspecified atom stereocenters. The van der Waals surface area contributed by atoms with Gasteiger partial charge in [-0.15, -0.1) is 0 Å². The molecule has 0 radical (unpaired) electrons. The molecule has 0 N–H and O–H groups in total. The lowest BCUT2D eigenvalue weighted by Crippen LogP contribution is -2.25. The average molecular weight is 1090 g/mol. The second kappa shape index (κ2) is 21.4. The van der Waals surface area contributed by atoms with E-state index in [1.165, 1.54) is 28.8 Å². The molecule has 408 valence electrons. The van der Waals surface area contributed by atoms with E-state index in [0.717, 1.165) is 107 Å². The Morgan fingerprint density at radius 2 is 0.988 bits per heavy atom. The highest BCUT2D eigenvalue weighted by molar-refractivity contribution is 6.09. The van der Waals surface area contributed by atoms with Crippen molar-refractivity contribution >= 4 is 44.6 Å². The zero-order chi connectivity index (χ0) is 57.1. The van der Waals surface area contributed by atoms with Gasteiger partial charge in [-0.3, -0.25) is 4.57 Å². The highest BCUT2D eigenvalue weighted by Gasteiger charge is 2.33. The maximum absolute atomic E-state index is 15.5. The Kier molecular flexibility index (Phi) is 13.6. The number of fused-ring (bicyclic) bond motifs is 4. The first kappa shape index (κ1) is 52.8. The predicted molar refractivity (Wildman–Crippen MR) is 341 cm³/mol. The van der Waals surface area contributed by atoms with Crippen molar-refractivity contribution in [3.05, 3.63) is 265 Å². The summed E-state index contributed by atoms with van der Waals surface area (Å²) in [5.74, 6) is 1.45. The molecule has 0 saturated carbocycles. The minimum absolute atomic E-state index is 0.0772. The molecule has 12 aromatic rings. The molecule has 13 rings (SSSR count). The maximum atomic E-state index is 15.5. The summed E-state index contributed by atoms with van der Waals surface area (Å²) in [6, 6.07) is 78.8. The minimum Gasteiger partial charge on any atom is -0.457 e. The molecule has 7 heteroatoms. The number of hydrogen-bond acceptors (Lipinski definition) is 4. The van der Waals surface area contributed by atoms with Crippen LogP contribution in [0.2, 0.25) is 0 Å². The molecular formula is C76H64F2N4O. The number of anilines is 4. The normalized spacial score (nSPS) is 12.5. The molecule has 83 heavy (non-hydrogen) atoms. The maximum Gasteiger partial charge on any atom is 0.137 e. The summed E-state index contributed by atoms with van der Waals surface area (Å²) in [6.07, 6.45) is 1.91. The number of aromatic nitrogens is 2. The summed E-state index contributed by atoms with van der Waals surface area (Å²) in [5.41, 5.74) is 18.9. The third kappa shape index (κ3) is 10.2. The summed E-state index contributed by atoms with van der Waals surface area (Å²) in [7, 11) is 0. The molecule has 1 aliphatic rings. The first-order valence-electron chi connectivity index (χ1n) is 28.7. The second-order valence-electron chi connectivity index (χ2n) is 23.6. The third-order valence-corrected chi connectivity index (χ3v) is 16.3. The van der Waals surface area contributed by atoms with Gasteiger partial charge in [0.05, 0.1) is 28.1 Å². The highest BCUT2D eigenvalue weighted by atomic mass is 19.1. The molecule has 3 heterocycles. The van der Waals surface area contributed by atoms with E-state index >= 15 is 8.78 Å². The number of nitrogens with zero attached hydrogens (tertiary/aromatic N) is 4. The standard InChI is InChI=1S/C76H64F2N4O/c1-48(2)52-33-53(49(3)4)35-58(34-52)66-24-18-25-67(59-39-61(77)44-62(78)40-59)75(66)81-47-80(71-27-16-17-28-72(71)81)63-41-57(56-37-54(50-19-10-8-11-20-50)36-55(38-56)51-21-12-9-13-22-51)42-65(45-63)83-64-29-30-69-68-23-14-15-26-70(68)82(73(69)46-64)74-43-60(31-32-79-74)76(5,6)7/h8-46,48-49H,47H2,1-7H3. The van der Waals surface area contributed by atoms with E-state index in [1.54, 1.807) is 0 Å². The number of benzene rings is 10. The average Bonchev–Trinajstić information content (AvgIpc) is 2.27. The van der Waals surface area contributed by atoms with Gasteiger partial charge in [0.1, 0.15) is 35.6 Å². The van der Waals surface area contributed by atoms with Gasteiger partial charge in [0, 0.05) is 52.0 Å². The van der Waals surface area contributed by atoms with Gasteiger partial charge in [0.15, 0.2) is 0 Å². The summed E-state index contributed by atoms with van der Waals surface area (Å²) in [4.78, 5) is 9.61. The van der Waals surface area contributed by atoms with Crippen molar-refractivity contribution in [1.82, 2.24) is 9.55 Å². The van der Waals surface area contributed by atoms with E-state index in [4.69, 9.17) is 9.72 Å². The molecular weight excluding hydrogens is 1020 g/mol. The topological polar surface area (TPSA) is 33.5 Å². The largest absolute Gasteiger partial charge is 0.457 e. The molecule has 0 amide bonds. The van der Waals surface area contributed by atoms with Crippen LogP contribution in [0.25, 0.3) is 83.3 Å². The fourth-order valence-corrected chi connectivity index (χ4v) is 11.9. The molecule has 2 aromatic heterocycles. The lowest BCUT2D eigenvalue weighted by molar-refractivity contribution is 0.483. The SMILES string of the molecule is CC(C)c1cc(-c2cccc(-c3cc(F)cc(F)c3)c2N2CN(c3cc(Oc4ccc5c6ccccc6n(-c6cc(C(C)(C)C)ccn6)c5c4)cc(-c4cc(-c5ccccc5)cc(-c5ccccc5)c4)c3)c3ccccc32)cc(C(C)C)c1. The van der Waals surface area contributed by atoms with Crippen LogP contribution in [-0.2, 0) is 5.41 Å². The molecule has 0 bridgehead atoms. The molecule has 0 spiro atoms. The Bertz CT molecular complexity index is 4320. The number of hydrogen-bond donors (Lipinski definition) is 0.